The lowest BCUT2D eigenvalue weighted by Crippen LogP contribution is -2.45. The third-order valence-corrected chi connectivity index (χ3v) is 4.92. The second kappa shape index (κ2) is 10.0. The molecule has 0 aromatic heterocycles. The van der Waals surface area contributed by atoms with Crippen LogP contribution in [0.3, 0.4) is 0 Å². The van der Waals surface area contributed by atoms with E-state index in [0.717, 1.165) is 21.9 Å². The summed E-state index contributed by atoms with van der Waals surface area (Å²) in [5.41, 5.74) is 0.546. The fraction of sp³-hybridized carbons (Fsp3) is 0.261. The molecular weight excluding hydrogens is 435 g/mol. The number of anilines is 1. The van der Waals surface area contributed by atoms with Crippen molar-refractivity contribution < 1.29 is 37.8 Å². The first-order valence-electron chi connectivity index (χ1n) is 10.1. The maximum absolute atomic E-state index is 13.3. The molecule has 0 bridgehead atoms. The second-order valence-corrected chi connectivity index (χ2v) is 7.07. The van der Waals surface area contributed by atoms with Gasteiger partial charge in [0.1, 0.15) is 18.4 Å². The van der Waals surface area contributed by atoms with Gasteiger partial charge in [0.15, 0.2) is 6.61 Å². The minimum Gasteiger partial charge on any atom is -0.465 e. The van der Waals surface area contributed by atoms with Crippen molar-refractivity contribution in [3.63, 3.8) is 0 Å². The first kappa shape index (κ1) is 23.6. The van der Waals surface area contributed by atoms with Crippen molar-refractivity contribution in [2.75, 3.05) is 24.7 Å². The Kier molecular flexibility index (Phi) is 7.17. The van der Waals surface area contributed by atoms with Crippen LogP contribution in [0.2, 0.25) is 0 Å². The predicted molar refractivity (Wildman–Crippen MR) is 113 cm³/mol. The SMILES string of the molecule is CCOC(=O)CN(C(=O)COC(=O)[C@H](C)N1C(=O)c2ccccc2C1=O)c1ccc(F)cc1. The maximum Gasteiger partial charge on any atom is 0.329 e. The Bertz CT molecular complexity index is 1070. The highest BCUT2D eigenvalue weighted by molar-refractivity contribution is 6.22. The Morgan fingerprint density at radius 2 is 1.55 bits per heavy atom. The summed E-state index contributed by atoms with van der Waals surface area (Å²) in [4.78, 5) is 64.0. The van der Waals surface area contributed by atoms with Crippen LogP contribution in [0.5, 0.6) is 0 Å². The minimum absolute atomic E-state index is 0.0943. The molecule has 1 aliphatic heterocycles. The van der Waals surface area contributed by atoms with E-state index in [1.807, 2.05) is 0 Å². The van der Waals surface area contributed by atoms with E-state index in [2.05, 4.69) is 0 Å². The number of ether oxygens (including phenoxy) is 2. The molecule has 3 rings (SSSR count). The number of halogens is 1. The molecule has 2 aromatic carbocycles. The van der Waals surface area contributed by atoms with Gasteiger partial charge < -0.3 is 9.47 Å². The summed E-state index contributed by atoms with van der Waals surface area (Å²) >= 11 is 0. The van der Waals surface area contributed by atoms with Crippen LogP contribution in [0.25, 0.3) is 0 Å². The number of fused-ring (bicyclic) bond motifs is 1. The lowest BCUT2D eigenvalue weighted by Gasteiger charge is -2.23. The fourth-order valence-corrected chi connectivity index (χ4v) is 3.28. The molecule has 0 saturated carbocycles. The van der Waals surface area contributed by atoms with Crippen LogP contribution in [0.1, 0.15) is 34.6 Å². The van der Waals surface area contributed by atoms with Gasteiger partial charge in [0.05, 0.1) is 17.7 Å². The number of benzene rings is 2. The molecule has 1 atom stereocenters. The Hall–Kier alpha value is -4.08. The Labute approximate surface area is 188 Å². The lowest BCUT2D eigenvalue weighted by molar-refractivity contribution is -0.151. The Balaban J connectivity index is 1.68. The lowest BCUT2D eigenvalue weighted by atomic mass is 10.1. The third-order valence-electron chi connectivity index (χ3n) is 4.92. The van der Waals surface area contributed by atoms with Crippen LogP contribution in [0, 0.1) is 5.82 Å². The summed E-state index contributed by atoms with van der Waals surface area (Å²) in [6, 6.07) is 9.67. The Morgan fingerprint density at radius 3 is 2.09 bits per heavy atom. The van der Waals surface area contributed by atoms with E-state index in [-0.39, 0.29) is 23.4 Å². The van der Waals surface area contributed by atoms with Crippen molar-refractivity contribution >= 4 is 35.3 Å². The molecule has 0 saturated heterocycles. The van der Waals surface area contributed by atoms with Gasteiger partial charge in [-0.3, -0.25) is 29.0 Å². The molecule has 9 nitrogen and oxygen atoms in total. The van der Waals surface area contributed by atoms with Gasteiger partial charge in [-0.05, 0) is 50.2 Å². The molecule has 3 amide bonds. The maximum atomic E-state index is 13.3. The van der Waals surface area contributed by atoms with E-state index < -0.39 is 54.7 Å². The molecule has 10 heteroatoms. The van der Waals surface area contributed by atoms with Crippen LogP contribution in [-0.2, 0) is 23.9 Å². The third kappa shape index (κ3) is 5.05. The van der Waals surface area contributed by atoms with Gasteiger partial charge in [0, 0.05) is 5.69 Å². The number of nitrogens with zero attached hydrogens (tertiary/aromatic N) is 2. The van der Waals surface area contributed by atoms with E-state index in [1.54, 1.807) is 19.1 Å². The van der Waals surface area contributed by atoms with E-state index in [0.29, 0.717) is 0 Å². The molecular formula is C23H21FN2O7. The summed E-state index contributed by atoms with van der Waals surface area (Å²) < 4.78 is 23.2. The first-order chi connectivity index (χ1) is 15.7. The summed E-state index contributed by atoms with van der Waals surface area (Å²) in [6.07, 6.45) is 0. The zero-order valence-corrected chi connectivity index (χ0v) is 17.9. The fourth-order valence-electron chi connectivity index (χ4n) is 3.28. The number of imide groups is 1. The van der Waals surface area contributed by atoms with Crippen molar-refractivity contribution in [3.05, 3.63) is 65.5 Å². The van der Waals surface area contributed by atoms with Gasteiger partial charge in [0.25, 0.3) is 17.7 Å². The van der Waals surface area contributed by atoms with Crippen LogP contribution >= 0.6 is 0 Å². The van der Waals surface area contributed by atoms with Gasteiger partial charge in [0.2, 0.25) is 0 Å². The molecule has 2 aromatic rings. The number of carbonyl (C=O) groups excluding carboxylic acids is 5. The first-order valence-corrected chi connectivity index (χ1v) is 10.1. The number of hydrogen-bond acceptors (Lipinski definition) is 7. The normalized spacial score (nSPS) is 13.4. The largest absolute Gasteiger partial charge is 0.465 e. The molecule has 1 heterocycles. The molecule has 33 heavy (non-hydrogen) atoms. The van der Waals surface area contributed by atoms with Crippen molar-refractivity contribution in [3.8, 4) is 0 Å². The summed E-state index contributed by atoms with van der Waals surface area (Å²) in [7, 11) is 0. The molecule has 1 aliphatic rings. The van der Waals surface area contributed by atoms with E-state index >= 15 is 0 Å². The van der Waals surface area contributed by atoms with Crippen LogP contribution in [-0.4, -0.2) is 60.4 Å². The van der Waals surface area contributed by atoms with Crippen LogP contribution in [0.4, 0.5) is 10.1 Å². The topological polar surface area (TPSA) is 110 Å². The molecule has 0 N–H and O–H groups in total. The van der Waals surface area contributed by atoms with Crippen molar-refractivity contribution in [2.24, 2.45) is 0 Å². The number of carbonyl (C=O) groups is 5. The standard InChI is InChI=1S/C23H21FN2O7/c1-3-32-20(28)12-25(16-10-8-15(24)9-11-16)19(27)13-33-23(31)14(2)26-21(29)17-6-4-5-7-18(17)22(26)30/h4-11,14H,3,12-13H2,1-2H3/t14-/m0/s1. The number of esters is 2. The summed E-state index contributed by atoms with van der Waals surface area (Å²) in [5.74, 6) is -4.28. The molecule has 0 unspecified atom stereocenters. The molecule has 0 radical (unpaired) electrons. The number of rotatable bonds is 8. The van der Waals surface area contributed by atoms with Crippen molar-refractivity contribution in [1.82, 2.24) is 4.90 Å². The summed E-state index contributed by atoms with van der Waals surface area (Å²) in [6.45, 7) is 1.75. The smallest absolute Gasteiger partial charge is 0.329 e. The highest BCUT2D eigenvalue weighted by atomic mass is 19.1. The van der Waals surface area contributed by atoms with Crippen LogP contribution in [0.15, 0.2) is 48.5 Å². The van der Waals surface area contributed by atoms with E-state index in [4.69, 9.17) is 9.47 Å². The highest BCUT2D eigenvalue weighted by Crippen LogP contribution is 2.25. The van der Waals surface area contributed by atoms with E-state index in [9.17, 15) is 28.4 Å². The van der Waals surface area contributed by atoms with Crippen molar-refractivity contribution in [1.29, 1.82) is 0 Å². The Morgan fingerprint density at radius 1 is 0.970 bits per heavy atom. The molecule has 0 fully saturated rings. The molecule has 0 spiro atoms. The average Bonchev–Trinajstić information content (AvgIpc) is 3.06. The zero-order chi connectivity index (χ0) is 24.1. The molecule has 0 aliphatic carbocycles. The average molecular weight is 456 g/mol. The minimum atomic E-state index is -1.28. The van der Waals surface area contributed by atoms with Gasteiger partial charge in [-0.2, -0.15) is 0 Å². The quantitative estimate of drug-likeness (QED) is 0.441. The summed E-state index contributed by atoms with van der Waals surface area (Å²) in [5, 5.41) is 0. The molecule has 172 valence electrons. The predicted octanol–water partition coefficient (Wildman–Crippen LogP) is 1.95. The van der Waals surface area contributed by atoms with Gasteiger partial charge in [-0.15, -0.1) is 0 Å². The van der Waals surface area contributed by atoms with Crippen LogP contribution < -0.4 is 4.90 Å². The number of hydrogen-bond donors (Lipinski definition) is 0. The second-order valence-electron chi connectivity index (χ2n) is 7.07. The van der Waals surface area contributed by atoms with Gasteiger partial charge in [-0.25, -0.2) is 9.18 Å². The van der Waals surface area contributed by atoms with Crippen molar-refractivity contribution in [2.45, 2.75) is 19.9 Å². The monoisotopic (exact) mass is 456 g/mol. The van der Waals surface area contributed by atoms with Gasteiger partial charge >= 0.3 is 11.9 Å². The van der Waals surface area contributed by atoms with E-state index in [1.165, 1.54) is 31.2 Å². The number of amides is 3. The van der Waals surface area contributed by atoms with Gasteiger partial charge in [-0.1, -0.05) is 12.1 Å². The zero-order valence-electron chi connectivity index (χ0n) is 17.9. The highest BCUT2D eigenvalue weighted by Gasteiger charge is 2.41.